The Kier molecular flexibility index (Phi) is 5.99. The Balaban J connectivity index is 1.78. The molecule has 1 saturated carbocycles. The summed E-state index contributed by atoms with van der Waals surface area (Å²) in [6, 6.07) is 9.05. The molecule has 1 aromatic rings. The normalized spacial score (nSPS) is 20.7. The summed E-state index contributed by atoms with van der Waals surface area (Å²) in [5.41, 5.74) is 0.875. The Labute approximate surface area is 130 Å². The van der Waals surface area contributed by atoms with Gasteiger partial charge in [0.25, 0.3) is 0 Å². The summed E-state index contributed by atoms with van der Waals surface area (Å²) in [7, 11) is 0. The molecule has 0 spiro atoms. The minimum Gasteiger partial charge on any atom is -0.479 e. The van der Waals surface area contributed by atoms with Crippen LogP contribution in [0, 0.1) is 17.2 Å². The number of hydrogen-bond donors (Lipinski definition) is 2. The molecule has 1 aliphatic carbocycles. The maximum atomic E-state index is 11.7. The molecule has 2 unspecified atom stereocenters. The van der Waals surface area contributed by atoms with Crippen LogP contribution < -0.4 is 10.1 Å². The minimum absolute atomic E-state index is 0.0185. The van der Waals surface area contributed by atoms with Gasteiger partial charge in [0.2, 0.25) is 5.91 Å². The Hall–Kier alpha value is -2.32. The highest BCUT2D eigenvalue weighted by Gasteiger charge is 2.24. The van der Waals surface area contributed by atoms with Crippen LogP contribution in [0.4, 0.5) is 0 Å². The standard InChI is InChI=1S/C17H20N2O3/c18-10-11-22-15-7-4-13(5-8-15)6-9-17(21)19-12-14-2-1-3-16(14)20/h4-9,14,16,20H,1-3,11-12H2,(H,19,21). The predicted octanol–water partition coefficient (Wildman–Crippen LogP) is 1.88. The van der Waals surface area contributed by atoms with E-state index < -0.39 is 0 Å². The summed E-state index contributed by atoms with van der Waals surface area (Å²) < 4.78 is 5.15. The van der Waals surface area contributed by atoms with Crippen molar-refractivity contribution >= 4 is 12.0 Å². The predicted molar refractivity (Wildman–Crippen MR) is 82.9 cm³/mol. The lowest BCUT2D eigenvalue weighted by Gasteiger charge is -2.13. The van der Waals surface area contributed by atoms with Gasteiger partial charge in [0.15, 0.2) is 6.61 Å². The van der Waals surface area contributed by atoms with Crippen LogP contribution in [0.25, 0.3) is 6.08 Å². The molecular weight excluding hydrogens is 280 g/mol. The molecule has 0 heterocycles. The summed E-state index contributed by atoms with van der Waals surface area (Å²) >= 11 is 0. The largest absolute Gasteiger partial charge is 0.479 e. The van der Waals surface area contributed by atoms with Crippen molar-refractivity contribution in [1.29, 1.82) is 5.26 Å². The maximum absolute atomic E-state index is 11.7. The molecule has 0 bridgehead atoms. The van der Waals surface area contributed by atoms with Crippen molar-refractivity contribution in [3.05, 3.63) is 35.9 Å². The van der Waals surface area contributed by atoms with Crippen molar-refractivity contribution in [3.63, 3.8) is 0 Å². The van der Waals surface area contributed by atoms with E-state index in [0.29, 0.717) is 12.3 Å². The van der Waals surface area contributed by atoms with Gasteiger partial charge >= 0.3 is 0 Å². The molecule has 1 aliphatic rings. The quantitative estimate of drug-likeness (QED) is 0.786. The highest BCUT2D eigenvalue weighted by atomic mass is 16.5. The smallest absolute Gasteiger partial charge is 0.244 e. The van der Waals surface area contributed by atoms with Gasteiger partial charge in [0.05, 0.1) is 6.10 Å². The van der Waals surface area contributed by atoms with E-state index in [9.17, 15) is 9.90 Å². The number of carbonyl (C=O) groups is 1. The molecule has 0 radical (unpaired) electrons. The SMILES string of the molecule is N#CCOc1ccc(C=CC(=O)NCC2CCCC2O)cc1. The Morgan fingerprint density at radius 3 is 2.82 bits per heavy atom. The van der Waals surface area contributed by atoms with E-state index in [4.69, 9.17) is 10.00 Å². The summed E-state index contributed by atoms with van der Waals surface area (Å²) in [6.07, 6.45) is 5.73. The van der Waals surface area contributed by atoms with E-state index in [-0.39, 0.29) is 24.5 Å². The molecule has 22 heavy (non-hydrogen) atoms. The average Bonchev–Trinajstić information content (AvgIpc) is 2.95. The summed E-state index contributed by atoms with van der Waals surface area (Å²) in [4.78, 5) is 11.7. The van der Waals surface area contributed by atoms with Crippen LogP contribution in [0.5, 0.6) is 5.75 Å². The first-order valence-corrected chi connectivity index (χ1v) is 7.43. The van der Waals surface area contributed by atoms with Crippen LogP contribution in [-0.2, 0) is 4.79 Å². The van der Waals surface area contributed by atoms with E-state index in [1.807, 2.05) is 18.2 Å². The molecule has 0 aliphatic heterocycles. The number of aliphatic hydroxyl groups excluding tert-OH is 1. The van der Waals surface area contributed by atoms with Crippen LogP contribution in [0.3, 0.4) is 0 Å². The maximum Gasteiger partial charge on any atom is 0.244 e. The second-order valence-corrected chi connectivity index (χ2v) is 5.35. The molecule has 2 N–H and O–H groups in total. The third-order valence-electron chi connectivity index (χ3n) is 3.77. The lowest BCUT2D eigenvalue weighted by molar-refractivity contribution is -0.116. The molecule has 2 rings (SSSR count). The van der Waals surface area contributed by atoms with Crippen LogP contribution in [0.15, 0.2) is 30.3 Å². The van der Waals surface area contributed by atoms with Crippen LogP contribution in [0.2, 0.25) is 0 Å². The number of nitriles is 1. The molecule has 1 amide bonds. The van der Waals surface area contributed by atoms with Crippen molar-refractivity contribution in [2.45, 2.75) is 25.4 Å². The van der Waals surface area contributed by atoms with Crippen LogP contribution in [-0.4, -0.2) is 30.3 Å². The van der Waals surface area contributed by atoms with Gasteiger partial charge < -0.3 is 15.2 Å². The zero-order valence-corrected chi connectivity index (χ0v) is 12.4. The topological polar surface area (TPSA) is 82.3 Å². The van der Waals surface area contributed by atoms with Crippen molar-refractivity contribution in [2.24, 2.45) is 5.92 Å². The van der Waals surface area contributed by atoms with Gasteiger partial charge in [-0.3, -0.25) is 4.79 Å². The van der Waals surface area contributed by atoms with Crippen molar-refractivity contribution in [2.75, 3.05) is 13.2 Å². The van der Waals surface area contributed by atoms with E-state index >= 15 is 0 Å². The third kappa shape index (κ3) is 4.90. The van der Waals surface area contributed by atoms with Crippen molar-refractivity contribution in [3.8, 4) is 11.8 Å². The fourth-order valence-corrected chi connectivity index (χ4v) is 2.51. The van der Waals surface area contributed by atoms with E-state index in [0.717, 1.165) is 24.8 Å². The number of carbonyl (C=O) groups excluding carboxylic acids is 1. The highest BCUT2D eigenvalue weighted by molar-refractivity contribution is 5.91. The van der Waals surface area contributed by atoms with Crippen molar-refractivity contribution in [1.82, 2.24) is 5.32 Å². The first-order chi connectivity index (χ1) is 10.7. The number of rotatable bonds is 6. The Morgan fingerprint density at radius 1 is 1.41 bits per heavy atom. The zero-order chi connectivity index (χ0) is 15.8. The minimum atomic E-state index is -0.287. The van der Waals surface area contributed by atoms with Crippen LogP contribution in [0.1, 0.15) is 24.8 Å². The molecule has 0 saturated heterocycles. The van der Waals surface area contributed by atoms with E-state index in [2.05, 4.69) is 5.32 Å². The Bertz CT molecular complexity index is 560. The third-order valence-corrected chi connectivity index (χ3v) is 3.77. The molecule has 1 fully saturated rings. The first kappa shape index (κ1) is 16.1. The molecular formula is C17H20N2O3. The van der Waals surface area contributed by atoms with Gasteiger partial charge in [0.1, 0.15) is 11.8 Å². The fourth-order valence-electron chi connectivity index (χ4n) is 2.51. The summed E-state index contributed by atoms with van der Waals surface area (Å²) in [6.45, 7) is 0.538. The molecule has 116 valence electrons. The number of hydrogen-bond acceptors (Lipinski definition) is 4. The lowest BCUT2D eigenvalue weighted by atomic mass is 10.1. The van der Waals surface area contributed by atoms with Crippen LogP contribution >= 0.6 is 0 Å². The molecule has 5 nitrogen and oxygen atoms in total. The van der Waals surface area contributed by atoms with Gasteiger partial charge in [-0.05, 0) is 36.6 Å². The number of nitrogens with one attached hydrogen (secondary N) is 1. The number of ether oxygens (including phenoxy) is 1. The Morgan fingerprint density at radius 2 is 2.18 bits per heavy atom. The molecule has 0 aromatic heterocycles. The van der Waals surface area contributed by atoms with Crippen molar-refractivity contribution < 1.29 is 14.6 Å². The number of amides is 1. The number of nitrogens with zero attached hydrogens (tertiary/aromatic N) is 1. The molecule has 2 atom stereocenters. The lowest BCUT2D eigenvalue weighted by Crippen LogP contribution is -2.31. The van der Waals surface area contributed by atoms with E-state index in [1.165, 1.54) is 6.08 Å². The van der Waals surface area contributed by atoms with E-state index in [1.54, 1.807) is 18.2 Å². The number of aliphatic hydroxyl groups is 1. The monoisotopic (exact) mass is 300 g/mol. The highest BCUT2D eigenvalue weighted by Crippen LogP contribution is 2.24. The second-order valence-electron chi connectivity index (χ2n) is 5.35. The molecule has 5 heteroatoms. The summed E-state index contributed by atoms with van der Waals surface area (Å²) in [5, 5.41) is 20.9. The van der Waals surface area contributed by atoms with Gasteiger partial charge in [-0.2, -0.15) is 5.26 Å². The van der Waals surface area contributed by atoms with Gasteiger partial charge in [0, 0.05) is 18.5 Å². The molecule has 1 aromatic carbocycles. The number of benzene rings is 1. The zero-order valence-electron chi connectivity index (χ0n) is 12.4. The first-order valence-electron chi connectivity index (χ1n) is 7.43. The average molecular weight is 300 g/mol. The fraction of sp³-hybridized carbons (Fsp3) is 0.412. The van der Waals surface area contributed by atoms with Gasteiger partial charge in [-0.15, -0.1) is 0 Å². The van der Waals surface area contributed by atoms with Gasteiger partial charge in [-0.25, -0.2) is 0 Å². The summed E-state index contributed by atoms with van der Waals surface area (Å²) in [5.74, 6) is 0.635. The van der Waals surface area contributed by atoms with Gasteiger partial charge in [-0.1, -0.05) is 18.6 Å². The second kappa shape index (κ2) is 8.20.